The number of hydrogen-bond donors (Lipinski definition) is 1. The van der Waals surface area contributed by atoms with Gasteiger partial charge in [0.25, 0.3) is 5.97 Å². The van der Waals surface area contributed by atoms with Crippen molar-refractivity contribution in [2.75, 3.05) is 7.11 Å². The number of halogens is 4. The quantitative estimate of drug-likeness (QED) is 0.483. The van der Waals surface area contributed by atoms with Crippen molar-refractivity contribution in [1.82, 2.24) is 0 Å². The zero-order valence-corrected chi connectivity index (χ0v) is 15.7. The fraction of sp³-hybridized carbons (Fsp3) is 0.556. The van der Waals surface area contributed by atoms with Crippen molar-refractivity contribution in [3.63, 3.8) is 0 Å². The molecule has 0 heterocycles. The summed E-state index contributed by atoms with van der Waals surface area (Å²) in [7, 11) is 8.71. The topological polar surface area (TPSA) is 115 Å². The lowest BCUT2D eigenvalue weighted by Gasteiger charge is -1.80. The summed E-state index contributed by atoms with van der Waals surface area (Å²) in [5.74, 6) is -1.08. The van der Waals surface area contributed by atoms with Crippen LogP contribution in [0.15, 0.2) is 0 Å². The van der Waals surface area contributed by atoms with Crippen molar-refractivity contribution in [2.45, 2.75) is 27.7 Å². The Bertz CT molecular complexity index is 259. The molecule has 12 heteroatoms. The van der Waals surface area contributed by atoms with Crippen molar-refractivity contribution >= 4 is 76.2 Å². The number of esters is 1. The minimum absolute atomic E-state index is 0.245. The molecule has 0 aromatic carbocycles. The molecule has 128 valence electrons. The van der Waals surface area contributed by atoms with Gasteiger partial charge >= 0.3 is 5.97 Å². The number of aliphatic carboxylic acids is 1. The van der Waals surface area contributed by atoms with Gasteiger partial charge in [0, 0.05) is 49.1 Å². The lowest BCUT2D eigenvalue weighted by Crippen LogP contribution is -1.88. The number of hydrogen-bond acceptors (Lipinski definition) is 6. The van der Waals surface area contributed by atoms with Crippen LogP contribution in [0.4, 0.5) is 0 Å². The average molecular weight is 410 g/mol. The Kier molecular flexibility index (Phi) is 43.1. The summed E-state index contributed by atoms with van der Waals surface area (Å²) in [4.78, 5) is 37.0. The van der Waals surface area contributed by atoms with Gasteiger partial charge in [-0.05, 0) is 23.2 Å². The van der Waals surface area contributed by atoms with E-state index >= 15 is 0 Å². The first-order valence-corrected chi connectivity index (χ1v) is 8.06. The third kappa shape index (κ3) is 2400. The molecule has 0 aliphatic carbocycles. The highest BCUT2D eigenvalue weighted by Gasteiger charge is 1.75. The number of carbonyl (C=O) groups excluding carboxylic acids is 3. The summed E-state index contributed by atoms with van der Waals surface area (Å²) in [6.07, 6.45) is 0. The third-order valence-electron chi connectivity index (χ3n) is 0.287. The van der Waals surface area contributed by atoms with E-state index in [4.69, 9.17) is 14.1 Å². The third-order valence-corrected chi connectivity index (χ3v) is 0.287. The van der Waals surface area contributed by atoms with Crippen LogP contribution >= 0.6 is 44.6 Å². The fourth-order valence-corrected chi connectivity index (χ4v) is 0. The molecule has 0 saturated carbocycles. The zero-order chi connectivity index (χ0) is 18.6. The van der Waals surface area contributed by atoms with Gasteiger partial charge in [-0.1, -0.05) is 0 Å². The second kappa shape index (κ2) is 27.9. The van der Waals surface area contributed by atoms with Crippen LogP contribution in [-0.4, -0.2) is 38.8 Å². The van der Waals surface area contributed by atoms with E-state index in [1.807, 2.05) is 0 Å². The first kappa shape index (κ1) is 32.5. The molecule has 0 spiro atoms. The van der Waals surface area contributed by atoms with Crippen LogP contribution in [0, 0.1) is 0 Å². The molecule has 0 atom stereocenters. The van der Waals surface area contributed by atoms with Gasteiger partial charge in [-0.3, -0.25) is 19.2 Å². The van der Waals surface area contributed by atoms with Gasteiger partial charge in [-0.25, -0.2) is 4.21 Å². The Labute approximate surface area is 144 Å². The van der Waals surface area contributed by atoms with Crippen molar-refractivity contribution < 1.29 is 33.2 Å². The number of carboxylic acids is 1. The standard InChI is InChI=1S/C3H6O2.2C2H3ClO.C2H4O2.Cl2OS/c1-3(4)5-2;3*1-2(3)4;1-4(2)3/h1-2H3;2*1H3;1H3,(H,3,4);. The van der Waals surface area contributed by atoms with Crippen molar-refractivity contribution in [3.8, 4) is 0 Å². The Morgan fingerprint density at radius 2 is 0.952 bits per heavy atom. The summed E-state index contributed by atoms with van der Waals surface area (Å²) >= 11 is 9.27. The minimum Gasteiger partial charge on any atom is -0.481 e. The second-order valence-electron chi connectivity index (χ2n) is 2.34. The number of carboxylic acid groups (broad SMARTS) is 1. The first-order chi connectivity index (χ1) is 9.20. The maximum absolute atomic E-state index is 9.59. The summed E-state index contributed by atoms with van der Waals surface area (Å²) < 4.78 is 13.2. The van der Waals surface area contributed by atoms with Crippen LogP contribution in [0.3, 0.4) is 0 Å². The molecular formula is C9H16Cl4O7S. The number of methoxy groups -OCH3 is 1. The molecule has 0 aliphatic rings. The molecule has 21 heavy (non-hydrogen) atoms. The molecule has 0 fully saturated rings. The smallest absolute Gasteiger partial charge is 0.302 e. The molecule has 0 radical (unpaired) electrons. The molecule has 0 aromatic rings. The number of rotatable bonds is 0. The summed E-state index contributed by atoms with van der Waals surface area (Å²) in [6.45, 7) is 5.03. The van der Waals surface area contributed by atoms with Crippen LogP contribution in [0.5, 0.6) is 0 Å². The van der Waals surface area contributed by atoms with Crippen molar-refractivity contribution in [2.24, 2.45) is 0 Å². The van der Waals surface area contributed by atoms with E-state index in [1.54, 1.807) is 0 Å². The highest BCUT2D eigenvalue weighted by molar-refractivity contribution is 8.26. The van der Waals surface area contributed by atoms with Crippen LogP contribution in [0.1, 0.15) is 27.7 Å². The van der Waals surface area contributed by atoms with Crippen molar-refractivity contribution in [3.05, 3.63) is 0 Å². The van der Waals surface area contributed by atoms with Gasteiger partial charge in [0.05, 0.1) is 7.11 Å². The molecule has 1 N–H and O–H groups in total. The van der Waals surface area contributed by atoms with E-state index in [1.165, 1.54) is 27.9 Å². The van der Waals surface area contributed by atoms with E-state index in [0.29, 0.717) is 0 Å². The molecule has 0 amide bonds. The monoisotopic (exact) mass is 408 g/mol. The maximum Gasteiger partial charge on any atom is 0.302 e. The molecule has 0 aliphatic heterocycles. The van der Waals surface area contributed by atoms with Crippen molar-refractivity contribution in [1.29, 1.82) is 0 Å². The molecule has 0 rings (SSSR count). The molecule has 7 nitrogen and oxygen atoms in total. The highest BCUT2D eigenvalue weighted by atomic mass is 36.0. The van der Waals surface area contributed by atoms with Gasteiger partial charge in [-0.15, -0.1) is 0 Å². The van der Waals surface area contributed by atoms with Crippen LogP contribution in [-0.2, 0) is 33.1 Å². The van der Waals surface area contributed by atoms with Gasteiger partial charge in [0.1, 0.15) is 0 Å². The minimum atomic E-state index is -1.67. The zero-order valence-electron chi connectivity index (χ0n) is 11.8. The lowest BCUT2D eigenvalue weighted by molar-refractivity contribution is -0.138. The van der Waals surface area contributed by atoms with Gasteiger partial charge in [0.15, 0.2) is 0 Å². The SMILES string of the molecule is CC(=O)Cl.CC(=O)Cl.CC(=O)O.COC(C)=O.O=S(Cl)Cl. The molecule has 0 bridgehead atoms. The van der Waals surface area contributed by atoms with E-state index < -0.39 is 15.2 Å². The number of carbonyl (C=O) groups is 4. The van der Waals surface area contributed by atoms with Crippen LogP contribution < -0.4 is 0 Å². The maximum atomic E-state index is 9.59. The summed E-state index contributed by atoms with van der Waals surface area (Å²) in [6, 6.07) is 0. The predicted molar refractivity (Wildman–Crippen MR) is 83.9 cm³/mol. The lowest BCUT2D eigenvalue weighted by atomic mass is 10.8. The Balaban J connectivity index is -0.0000000510. The molecule has 0 saturated heterocycles. The van der Waals surface area contributed by atoms with Crippen LogP contribution in [0.25, 0.3) is 0 Å². The first-order valence-electron chi connectivity index (χ1n) is 4.51. The van der Waals surface area contributed by atoms with E-state index in [9.17, 15) is 14.4 Å². The van der Waals surface area contributed by atoms with Gasteiger partial charge in [-0.2, -0.15) is 0 Å². The normalized spacial score (nSPS) is 6.95. The predicted octanol–water partition coefficient (Wildman–Crippen LogP) is 2.86. The second-order valence-corrected chi connectivity index (χ2v) is 5.93. The Hall–Kier alpha value is -0.410. The van der Waals surface area contributed by atoms with Crippen LogP contribution in [0.2, 0.25) is 0 Å². The summed E-state index contributed by atoms with van der Waals surface area (Å²) in [5, 5.41) is 6.69. The number of ether oxygens (including phenoxy) is 1. The van der Waals surface area contributed by atoms with E-state index in [-0.39, 0.29) is 16.5 Å². The Morgan fingerprint density at radius 3 is 0.952 bits per heavy atom. The largest absolute Gasteiger partial charge is 0.481 e. The average Bonchev–Trinajstić information content (AvgIpc) is 2.13. The van der Waals surface area contributed by atoms with E-state index in [2.05, 4.69) is 49.3 Å². The Morgan fingerprint density at radius 1 is 0.905 bits per heavy atom. The summed E-state index contributed by atoms with van der Waals surface area (Å²) in [5.41, 5.74) is 0. The fourth-order valence-electron chi connectivity index (χ4n) is 0. The van der Waals surface area contributed by atoms with E-state index in [0.717, 1.165) is 6.92 Å². The van der Waals surface area contributed by atoms with Gasteiger partial charge in [0.2, 0.25) is 19.7 Å². The van der Waals surface area contributed by atoms with Gasteiger partial charge < -0.3 is 9.84 Å². The molecule has 0 aromatic heterocycles. The highest BCUT2D eigenvalue weighted by Crippen LogP contribution is 1.89. The molecule has 0 unspecified atom stereocenters. The molecular weight excluding hydrogens is 394 g/mol.